The van der Waals surface area contributed by atoms with Gasteiger partial charge in [0.2, 0.25) is 0 Å². The molecule has 0 unspecified atom stereocenters. The molecule has 0 amide bonds. The smallest absolute Gasteiger partial charge is 0.301 e. The number of hydrogen-bond acceptors (Lipinski definition) is 5. The molecule has 0 aliphatic rings. The van der Waals surface area contributed by atoms with E-state index in [2.05, 4.69) is 15.4 Å². The van der Waals surface area contributed by atoms with Crippen molar-refractivity contribution in [3.63, 3.8) is 0 Å². The van der Waals surface area contributed by atoms with Gasteiger partial charge in [0.1, 0.15) is 17.3 Å². The number of anilines is 3. The van der Waals surface area contributed by atoms with Crippen LogP contribution in [0.1, 0.15) is 5.56 Å². The van der Waals surface area contributed by atoms with Gasteiger partial charge in [0.25, 0.3) is 0 Å². The molecule has 0 heterocycles. The summed E-state index contributed by atoms with van der Waals surface area (Å²) >= 11 is 1.90. The second kappa shape index (κ2) is 11.3. The van der Waals surface area contributed by atoms with Crippen molar-refractivity contribution in [2.24, 2.45) is 0 Å². The van der Waals surface area contributed by atoms with Gasteiger partial charge in [-0.05, 0) is 70.6 Å². The van der Waals surface area contributed by atoms with Crippen LogP contribution in [-0.4, -0.2) is 38.0 Å². The summed E-state index contributed by atoms with van der Waals surface area (Å²) in [4.78, 5) is 0. The molecule has 4 N–H and O–H groups in total. The van der Waals surface area contributed by atoms with Crippen molar-refractivity contribution in [2.45, 2.75) is 6.54 Å². The first kappa shape index (κ1) is 26.1. The first-order valence-corrected chi connectivity index (χ1v) is 12.5. The highest BCUT2D eigenvalue weighted by molar-refractivity contribution is 14.1. The van der Waals surface area contributed by atoms with E-state index in [4.69, 9.17) is 0 Å². The zero-order valence-corrected chi connectivity index (χ0v) is 20.9. The van der Waals surface area contributed by atoms with Crippen molar-refractivity contribution in [1.82, 2.24) is 9.62 Å². The minimum atomic E-state index is -4.14. The van der Waals surface area contributed by atoms with Crippen LogP contribution < -0.4 is 15.4 Å². The second-order valence-corrected chi connectivity index (χ2v) is 10.3. The van der Waals surface area contributed by atoms with Crippen LogP contribution in [0, 0.1) is 21.0 Å². The number of rotatable bonds is 10. The topological polar surface area (TPSA) is 93.7 Å². The predicted molar refractivity (Wildman–Crippen MR) is 134 cm³/mol. The molecule has 0 saturated carbocycles. The lowest BCUT2D eigenvalue weighted by Gasteiger charge is -2.21. The van der Waals surface area contributed by atoms with Crippen molar-refractivity contribution in [2.75, 3.05) is 30.2 Å². The molecule has 0 aliphatic carbocycles. The Morgan fingerprint density at radius 3 is 2.32 bits per heavy atom. The molecule has 0 bridgehead atoms. The maximum absolute atomic E-state index is 14.5. The standard InChI is InChI=1S/C22H22F3IN4O3S/c1-30(11-10-27-13-14-2-5-16(31)6-3-14)34(32,33)29-20-9-7-17(23)21(25)22(20)28-19-8-4-15(26)12-18(19)24/h2-9,12,27-29,31H,10-11,13H2,1H3. The molecule has 3 rings (SSSR count). The van der Waals surface area contributed by atoms with Crippen molar-refractivity contribution in [1.29, 1.82) is 0 Å². The molecule has 7 nitrogen and oxygen atoms in total. The number of aromatic hydroxyl groups is 1. The van der Waals surface area contributed by atoms with Crippen LogP contribution in [0.2, 0.25) is 0 Å². The largest absolute Gasteiger partial charge is 0.508 e. The Labute approximate surface area is 209 Å². The normalized spacial score (nSPS) is 11.6. The maximum Gasteiger partial charge on any atom is 0.301 e. The van der Waals surface area contributed by atoms with Crippen LogP contribution >= 0.6 is 22.6 Å². The van der Waals surface area contributed by atoms with E-state index in [-0.39, 0.29) is 23.7 Å². The van der Waals surface area contributed by atoms with E-state index >= 15 is 0 Å². The monoisotopic (exact) mass is 606 g/mol. The molecule has 0 atom stereocenters. The molecule has 0 fully saturated rings. The van der Waals surface area contributed by atoms with Gasteiger partial charge in [-0.1, -0.05) is 12.1 Å². The predicted octanol–water partition coefficient (Wildman–Crippen LogP) is 4.54. The van der Waals surface area contributed by atoms with Crippen LogP contribution in [0.25, 0.3) is 0 Å². The lowest BCUT2D eigenvalue weighted by Crippen LogP contribution is -2.37. The number of nitrogens with zero attached hydrogens (tertiary/aromatic N) is 1. The highest BCUT2D eigenvalue weighted by Gasteiger charge is 2.22. The fraction of sp³-hybridized carbons (Fsp3) is 0.182. The summed E-state index contributed by atoms with van der Waals surface area (Å²) in [5.41, 5.74) is -0.0535. The lowest BCUT2D eigenvalue weighted by molar-refractivity contribution is 0.461. The molecular formula is C22H22F3IN4O3S. The van der Waals surface area contributed by atoms with Crippen molar-refractivity contribution >= 4 is 49.9 Å². The average Bonchev–Trinajstić information content (AvgIpc) is 2.78. The molecule has 12 heteroatoms. The molecule has 3 aromatic rings. The fourth-order valence-corrected chi connectivity index (χ4v) is 4.29. The summed E-state index contributed by atoms with van der Waals surface area (Å²) in [5, 5.41) is 14.8. The highest BCUT2D eigenvalue weighted by Crippen LogP contribution is 2.32. The summed E-state index contributed by atoms with van der Waals surface area (Å²) < 4.78 is 72.0. The van der Waals surface area contributed by atoms with Crippen LogP contribution in [0.3, 0.4) is 0 Å². The van der Waals surface area contributed by atoms with Crippen molar-refractivity contribution < 1.29 is 26.7 Å². The van der Waals surface area contributed by atoms with Gasteiger partial charge in [0, 0.05) is 30.3 Å². The Kier molecular flexibility index (Phi) is 8.62. The fourth-order valence-electron chi connectivity index (χ4n) is 2.90. The number of likely N-dealkylation sites (N-methyl/N-ethyl adjacent to an activating group) is 1. The third-order valence-corrected chi connectivity index (χ3v) is 6.96. The minimum absolute atomic E-state index is 0.0750. The van der Waals surface area contributed by atoms with Gasteiger partial charge >= 0.3 is 10.2 Å². The summed E-state index contributed by atoms with van der Waals surface area (Å²) in [6, 6.07) is 12.5. The highest BCUT2D eigenvalue weighted by atomic mass is 127. The number of benzene rings is 3. The van der Waals surface area contributed by atoms with Crippen LogP contribution in [0.4, 0.5) is 30.2 Å². The first-order chi connectivity index (χ1) is 16.1. The Balaban J connectivity index is 1.69. The van der Waals surface area contributed by atoms with Crippen LogP contribution in [0.15, 0.2) is 54.6 Å². The molecule has 0 spiro atoms. The number of hydrogen-bond donors (Lipinski definition) is 4. The molecule has 182 valence electrons. The zero-order valence-electron chi connectivity index (χ0n) is 17.9. The van der Waals surface area contributed by atoms with Gasteiger partial charge in [-0.3, -0.25) is 4.72 Å². The van der Waals surface area contributed by atoms with E-state index in [9.17, 15) is 26.7 Å². The summed E-state index contributed by atoms with van der Waals surface area (Å²) in [5.74, 6) is -3.13. The van der Waals surface area contributed by atoms with Gasteiger partial charge in [0.05, 0.1) is 11.4 Å². The Bertz CT molecular complexity index is 1260. The quantitative estimate of drug-likeness (QED) is 0.201. The number of phenolic OH excluding ortho intramolecular Hbond substituents is 1. The first-order valence-electron chi connectivity index (χ1n) is 9.99. The van der Waals surface area contributed by atoms with Gasteiger partial charge in [-0.25, -0.2) is 13.2 Å². The summed E-state index contributed by atoms with van der Waals surface area (Å²) in [6.45, 7) is 0.834. The van der Waals surface area contributed by atoms with Crippen LogP contribution in [0.5, 0.6) is 5.75 Å². The lowest BCUT2D eigenvalue weighted by atomic mass is 10.2. The summed E-state index contributed by atoms with van der Waals surface area (Å²) in [6.07, 6.45) is 0. The van der Waals surface area contributed by atoms with E-state index in [1.807, 2.05) is 22.6 Å². The molecule has 0 radical (unpaired) electrons. The summed E-state index contributed by atoms with van der Waals surface area (Å²) in [7, 11) is -2.81. The number of halogens is 4. The molecular weight excluding hydrogens is 584 g/mol. The van der Waals surface area contributed by atoms with E-state index < -0.39 is 33.3 Å². The SMILES string of the molecule is CN(CCNCc1ccc(O)cc1)S(=O)(=O)Nc1ccc(F)c(F)c1Nc1ccc(I)cc1F. The van der Waals surface area contributed by atoms with Crippen molar-refractivity contribution in [3.05, 3.63) is 81.2 Å². The molecule has 0 saturated heterocycles. The Morgan fingerprint density at radius 1 is 0.971 bits per heavy atom. The maximum atomic E-state index is 14.5. The third kappa shape index (κ3) is 6.74. The minimum Gasteiger partial charge on any atom is -0.508 e. The van der Waals surface area contributed by atoms with E-state index in [0.29, 0.717) is 16.7 Å². The van der Waals surface area contributed by atoms with Crippen LogP contribution in [-0.2, 0) is 16.8 Å². The van der Waals surface area contributed by atoms with Gasteiger partial charge in [-0.2, -0.15) is 12.7 Å². The van der Waals surface area contributed by atoms with Gasteiger partial charge in [0.15, 0.2) is 11.6 Å². The number of nitrogens with one attached hydrogen (secondary N) is 3. The number of phenols is 1. The third-order valence-electron chi connectivity index (χ3n) is 4.80. The second-order valence-electron chi connectivity index (χ2n) is 7.30. The Morgan fingerprint density at radius 2 is 1.65 bits per heavy atom. The molecule has 0 aromatic heterocycles. The molecule has 0 aliphatic heterocycles. The zero-order chi connectivity index (χ0) is 24.9. The van der Waals surface area contributed by atoms with Gasteiger partial charge in [-0.15, -0.1) is 0 Å². The Hall–Kier alpha value is -2.55. The van der Waals surface area contributed by atoms with Crippen molar-refractivity contribution in [3.8, 4) is 5.75 Å². The molecule has 3 aromatic carbocycles. The van der Waals surface area contributed by atoms with E-state index in [1.165, 1.54) is 19.2 Å². The van der Waals surface area contributed by atoms with Gasteiger partial charge < -0.3 is 15.7 Å². The van der Waals surface area contributed by atoms with E-state index in [1.54, 1.807) is 30.3 Å². The van der Waals surface area contributed by atoms with E-state index in [0.717, 1.165) is 22.0 Å². The average molecular weight is 606 g/mol. The molecule has 34 heavy (non-hydrogen) atoms.